The first-order valence-electron chi connectivity index (χ1n) is 7.22. The molecule has 0 saturated carbocycles. The molecule has 1 atom stereocenters. The van der Waals surface area contributed by atoms with E-state index in [1.807, 2.05) is 13.8 Å². The van der Waals surface area contributed by atoms with Crippen LogP contribution in [0.15, 0.2) is 12.1 Å². The molecule has 0 radical (unpaired) electrons. The van der Waals surface area contributed by atoms with Gasteiger partial charge in [-0.2, -0.15) is 0 Å². The Morgan fingerprint density at radius 2 is 1.96 bits per heavy atom. The minimum Gasteiger partial charge on any atom is -0.494 e. The third-order valence-corrected chi connectivity index (χ3v) is 5.91. The zero-order valence-electron chi connectivity index (χ0n) is 13.3. The molecule has 2 amide bonds. The van der Waals surface area contributed by atoms with Crippen molar-refractivity contribution in [3.8, 4) is 5.75 Å². The lowest BCUT2D eigenvalue weighted by Crippen LogP contribution is -2.37. The van der Waals surface area contributed by atoms with Crippen molar-refractivity contribution < 1.29 is 22.5 Å². The Labute approximate surface area is 136 Å². The monoisotopic (exact) mass is 346 g/mol. The summed E-state index contributed by atoms with van der Waals surface area (Å²) in [5.74, 6) is -1.70. The van der Waals surface area contributed by atoms with Gasteiger partial charge in [0.2, 0.25) is 0 Å². The van der Waals surface area contributed by atoms with Gasteiger partial charge in [0.15, 0.2) is 11.6 Å². The number of hydrogen-bond donors (Lipinski definition) is 1. The zero-order valence-corrected chi connectivity index (χ0v) is 14.1. The third kappa shape index (κ3) is 3.99. The van der Waals surface area contributed by atoms with E-state index in [1.54, 1.807) is 0 Å². The Kier molecular flexibility index (Phi) is 5.23. The summed E-state index contributed by atoms with van der Waals surface area (Å²) >= 11 is 0. The van der Waals surface area contributed by atoms with Crippen LogP contribution in [0.3, 0.4) is 0 Å². The first kappa shape index (κ1) is 17.7. The van der Waals surface area contributed by atoms with Crippen molar-refractivity contribution in [2.24, 2.45) is 0 Å². The highest BCUT2D eigenvalue weighted by Gasteiger charge is 2.31. The SMILES string of the molecule is COc1cc(F)c(F)cc1NC(=O)N1CC[S@@](=O)C(C)(C)CC1. The van der Waals surface area contributed by atoms with Crippen LogP contribution in [0.25, 0.3) is 0 Å². The normalized spacial score (nSPS) is 20.7. The number of nitrogens with one attached hydrogen (secondary N) is 1. The molecule has 0 aromatic heterocycles. The molecule has 1 heterocycles. The largest absolute Gasteiger partial charge is 0.494 e. The van der Waals surface area contributed by atoms with E-state index in [-0.39, 0.29) is 16.2 Å². The molecule has 0 spiro atoms. The maximum Gasteiger partial charge on any atom is 0.321 e. The average Bonchev–Trinajstić information content (AvgIpc) is 2.62. The lowest BCUT2D eigenvalue weighted by atomic mass is 10.1. The highest BCUT2D eigenvalue weighted by Crippen LogP contribution is 2.28. The number of halogens is 2. The van der Waals surface area contributed by atoms with E-state index in [9.17, 15) is 17.8 Å². The van der Waals surface area contributed by atoms with Crippen molar-refractivity contribution in [1.82, 2.24) is 4.90 Å². The zero-order chi connectivity index (χ0) is 17.2. The molecule has 1 aromatic rings. The standard InChI is InChI=1S/C15H20F2N2O3S/c1-15(2)4-5-19(6-7-23(15)21)14(20)18-12-8-10(16)11(17)9-13(12)22-3/h8-9H,4-7H2,1-3H3,(H,18,20)/t23-/m1/s1. The maximum atomic E-state index is 13.4. The molecule has 8 heteroatoms. The van der Waals surface area contributed by atoms with Gasteiger partial charge in [-0.05, 0) is 20.3 Å². The molecule has 23 heavy (non-hydrogen) atoms. The van der Waals surface area contributed by atoms with E-state index in [0.29, 0.717) is 25.3 Å². The second-order valence-electron chi connectivity index (χ2n) is 5.94. The topological polar surface area (TPSA) is 58.6 Å². The fourth-order valence-corrected chi connectivity index (χ4v) is 3.55. The van der Waals surface area contributed by atoms with E-state index in [2.05, 4.69) is 5.32 Å². The van der Waals surface area contributed by atoms with Gasteiger partial charge in [-0.15, -0.1) is 0 Å². The molecule has 1 N–H and O–H groups in total. The van der Waals surface area contributed by atoms with Gasteiger partial charge in [-0.25, -0.2) is 13.6 Å². The first-order chi connectivity index (χ1) is 10.7. The van der Waals surface area contributed by atoms with Crippen LogP contribution in [0, 0.1) is 11.6 Å². The molecule has 1 aromatic carbocycles. The van der Waals surface area contributed by atoms with Crippen LogP contribution >= 0.6 is 0 Å². The van der Waals surface area contributed by atoms with Crippen molar-refractivity contribution >= 4 is 22.5 Å². The van der Waals surface area contributed by atoms with Crippen LogP contribution in [0.5, 0.6) is 5.75 Å². The van der Waals surface area contributed by atoms with Gasteiger partial charge in [0.25, 0.3) is 0 Å². The van der Waals surface area contributed by atoms with E-state index in [0.717, 1.165) is 12.1 Å². The molecular weight excluding hydrogens is 326 g/mol. The fraction of sp³-hybridized carbons (Fsp3) is 0.533. The number of hydrogen-bond acceptors (Lipinski definition) is 3. The van der Waals surface area contributed by atoms with Gasteiger partial charge in [-0.3, -0.25) is 4.21 Å². The van der Waals surface area contributed by atoms with Crippen LogP contribution in [0.1, 0.15) is 20.3 Å². The predicted molar refractivity (Wildman–Crippen MR) is 85.2 cm³/mol. The van der Waals surface area contributed by atoms with Crippen LogP contribution < -0.4 is 10.1 Å². The highest BCUT2D eigenvalue weighted by atomic mass is 32.2. The lowest BCUT2D eigenvalue weighted by Gasteiger charge is -2.23. The quantitative estimate of drug-likeness (QED) is 0.896. The molecule has 0 aliphatic carbocycles. The summed E-state index contributed by atoms with van der Waals surface area (Å²) in [6, 6.07) is 1.31. The Morgan fingerprint density at radius 3 is 2.61 bits per heavy atom. The summed E-state index contributed by atoms with van der Waals surface area (Å²) < 4.78 is 43.3. The van der Waals surface area contributed by atoms with Gasteiger partial charge in [-0.1, -0.05) is 0 Å². The van der Waals surface area contributed by atoms with E-state index in [1.165, 1.54) is 12.0 Å². The summed E-state index contributed by atoms with van der Waals surface area (Å²) in [6.07, 6.45) is 0.599. The van der Waals surface area contributed by atoms with Gasteiger partial charge in [0.1, 0.15) is 5.75 Å². The molecule has 1 aliphatic heterocycles. The van der Waals surface area contributed by atoms with Crippen LogP contribution in [-0.2, 0) is 10.8 Å². The number of carbonyl (C=O) groups excluding carboxylic acids is 1. The van der Waals surface area contributed by atoms with Crippen molar-refractivity contribution in [2.75, 3.05) is 31.3 Å². The number of urea groups is 1. The number of methoxy groups -OCH3 is 1. The number of ether oxygens (including phenoxy) is 1. The molecule has 0 bridgehead atoms. The number of amides is 2. The van der Waals surface area contributed by atoms with E-state index >= 15 is 0 Å². The molecule has 2 rings (SSSR count). The summed E-state index contributed by atoms with van der Waals surface area (Å²) in [4.78, 5) is 13.9. The predicted octanol–water partition coefficient (Wildman–Crippen LogP) is 2.74. The Hall–Kier alpha value is -1.70. The van der Waals surface area contributed by atoms with Crippen molar-refractivity contribution in [3.63, 3.8) is 0 Å². The minimum absolute atomic E-state index is 0.0379. The maximum absolute atomic E-state index is 13.4. The molecule has 1 fully saturated rings. The van der Waals surface area contributed by atoms with Gasteiger partial charge in [0.05, 0.1) is 12.8 Å². The number of carbonyl (C=O) groups is 1. The van der Waals surface area contributed by atoms with Crippen LogP contribution in [-0.4, -0.2) is 45.8 Å². The average molecular weight is 346 g/mol. The summed E-state index contributed by atoms with van der Waals surface area (Å²) in [6.45, 7) is 4.59. The highest BCUT2D eigenvalue weighted by molar-refractivity contribution is 7.86. The molecule has 0 unspecified atom stereocenters. The Bertz CT molecular complexity index is 637. The van der Waals surface area contributed by atoms with Crippen molar-refractivity contribution in [3.05, 3.63) is 23.8 Å². The molecular formula is C15H20F2N2O3S. The number of anilines is 1. The van der Waals surface area contributed by atoms with E-state index in [4.69, 9.17) is 4.74 Å². The van der Waals surface area contributed by atoms with Crippen molar-refractivity contribution in [2.45, 2.75) is 25.0 Å². The first-order valence-corrected chi connectivity index (χ1v) is 8.54. The van der Waals surface area contributed by atoms with E-state index < -0.39 is 28.5 Å². The van der Waals surface area contributed by atoms with Gasteiger partial charge in [0, 0.05) is 46.5 Å². The Balaban J connectivity index is 2.13. The summed E-state index contributed by atoms with van der Waals surface area (Å²) in [5, 5.41) is 2.53. The number of rotatable bonds is 2. The summed E-state index contributed by atoms with van der Waals surface area (Å²) in [7, 11) is 0.285. The second kappa shape index (κ2) is 6.82. The molecule has 1 saturated heterocycles. The number of benzene rings is 1. The summed E-state index contributed by atoms with van der Waals surface area (Å²) in [5.41, 5.74) is 0.0565. The minimum atomic E-state index is -1.07. The van der Waals surface area contributed by atoms with Gasteiger partial charge >= 0.3 is 6.03 Å². The fourth-order valence-electron chi connectivity index (χ4n) is 2.29. The number of nitrogens with zero attached hydrogens (tertiary/aromatic N) is 1. The van der Waals surface area contributed by atoms with Crippen molar-refractivity contribution in [1.29, 1.82) is 0 Å². The second-order valence-corrected chi connectivity index (χ2v) is 8.15. The third-order valence-electron chi connectivity index (χ3n) is 3.92. The molecule has 1 aliphatic rings. The van der Waals surface area contributed by atoms with Crippen LogP contribution in [0.4, 0.5) is 19.3 Å². The molecule has 128 valence electrons. The smallest absolute Gasteiger partial charge is 0.321 e. The van der Waals surface area contributed by atoms with Crippen LogP contribution in [0.2, 0.25) is 0 Å². The molecule has 5 nitrogen and oxygen atoms in total. The Morgan fingerprint density at radius 1 is 1.30 bits per heavy atom. The lowest BCUT2D eigenvalue weighted by molar-refractivity contribution is 0.214. The van der Waals surface area contributed by atoms with Gasteiger partial charge < -0.3 is 15.0 Å².